The summed E-state index contributed by atoms with van der Waals surface area (Å²) < 4.78 is 2.57. The highest BCUT2D eigenvalue weighted by Crippen LogP contribution is 2.21. The van der Waals surface area contributed by atoms with E-state index in [1.807, 2.05) is 12.1 Å². The highest BCUT2D eigenvalue weighted by atomic mass is 79.9. The summed E-state index contributed by atoms with van der Waals surface area (Å²) in [4.78, 5) is 10.7. The molecule has 1 aromatic carbocycles. The zero-order chi connectivity index (χ0) is 14.5. The van der Waals surface area contributed by atoms with Gasteiger partial charge in [-0.2, -0.15) is 0 Å². The maximum Gasteiger partial charge on any atom is 0.358 e. The van der Waals surface area contributed by atoms with E-state index >= 15 is 0 Å². The van der Waals surface area contributed by atoms with Crippen LogP contribution in [0, 0.1) is 0 Å². The second-order valence-electron chi connectivity index (χ2n) is 4.25. The molecule has 0 saturated carbocycles. The molecule has 0 unspecified atom stereocenters. The van der Waals surface area contributed by atoms with Crippen LogP contribution in [0.5, 0.6) is 0 Å². The Morgan fingerprint density at radius 1 is 1.50 bits per heavy atom. The molecule has 0 fully saturated rings. The van der Waals surface area contributed by atoms with Crippen molar-refractivity contribution >= 4 is 27.6 Å². The number of nitrogens with one attached hydrogen (secondary N) is 1. The molecular formula is C13H15BrN4O2. The Morgan fingerprint density at radius 2 is 2.30 bits per heavy atom. The maximum atomic E-state index is 10.7. The molecule has 0 saturated heterocycles. The summed E-state index contributed by atoms with van der Waals surface area (Å²) in [5.41, 5.74) is 2.27. The van der Waals surface area contributed by atoms with E-state index in [1.165, 1.54) is 16.4 Å². The Hall–Kier alpha value is -1.89. The van der Waals surface area contributed by atoms with Crippen molar-refractivity contribution in [1.29, 1.82) is 0 Å². The van der Waals surface area contributed by atoms with Gasteiger partial charge in [0.15, 0.2) is 5.69 Å². The number of anilines is 1. The first-order valence-electron chi connectivity index (χ1n) is 6.26. The molecule has 0 bridgehead atoms. The first-order chi connectivity index (χ1) is 9.60. The average Bonchev–Trinajstić information content (AvgIpc) is 2.89. The molecule has 20 heavy (non-hydrogen) atoms. The molecule has 2 aromatic rings. The summed E-state index contributed by atoms with van der Waals surface area (Å²) in [5.74, 6) is -1.06. The molecule has 0 aliphatic carbocycles. The second kappa shape index (κ2) is 6.51. The molecule has 1 heterocycles. The van der Waals surface area contributed by atoms with E-state index in [1.54, 1.807) is 0 Å². The number of rotatable bonds is 6. The number of aryl methyl sites for hydroxylation is 1. The molecule has 0 radical (unpaired) electrons. The van der Waals surface area contributed by atoms with E-state index < -0.39 is 5.97 Å². The normalized spacial score (nSPS) is 10.5. The Bertz CT molecular complexity index is 612. The molecule has 0 atom stereocenters. The first-order valence-corrected chi connectivity index (χ1v) is 7.05. The molecule has 7 heteroatoms. The highest BCUT2D eigenvalue weighted by Gasteiger charge is 2.08. The van der Waals surface area contributed by atoms with Gasteiger partial charge in [-0.3, -0.25) is 0 Å². The van der Waals surface area contributed by atoms with Gasteiger partial charge in [0.05, 0.1) is 12.7 Å². The van der Waals surface area contributed by atoms with Crippen molar-refractivity contribution in [3.05, 3.63) is 40.1 Å². The predicted octanol–water partition coefficient (Wildman–Crippen LogP) is 2.41. The fourth-order valence-electron chi connectivity index (χ4n) is 1.84. The van der Waals surface area contributed by atoms with Crippen LogP contribution in [-0.2, 0) is 13.0 Å². The molecule has 0 amide bonds. The van der Waals surface area contributed by atoms with Gasteiger partial charge < -0.3 is 10.4 Å². The lowest BCUT2D eigenvalue weighted by Crippen LogP contribution is -2.12. The van der Waals surface area contributed by atoms with Crippen LogP contribution < -0.4 is 5.32 Å². The van der Waals surface area contributed by atoms with Crippen LogP contribution in [0.15, 0.2) is 28.9 Å². The number of aromatic carboxylic acids is 1. The number of carboxylic acids is 1. The molecule has 6 nitrogen and oxygen atoms in total. The van der Waals surface area contributed by atoms with E-state index in [0.717, 1.165) is 16.6 Å². The quantitative estimate of drug-likeness (QED) is 0.845. The topological polar surface area (TPSA) is 80.0 Å². The van der Waals surface area contributed by atoms with Gasteiger partial charge in [-0.1, -0.05) is 28.1 Å². The zero-order valence-corrected chi connectivity index (χ0v) is 12.6. The van der Waals surface area contributed by atoms with Gasteiger partial charge in [-0.05, 0) is 30.2 Å². The standard InChI is InChI=1S/C13H15BrN4O2/c1-2-9-7-10(14)3-4-11(9)15-5-6-18-8-12(13(19)20)16-17-18/h3-4,7-8,15H,2,5-6H2,1H3,(H,19,20). The van der Waals surface area contributed by atoms with Crippen LogP contribution in [0.4, 0.5) is 5.69 Å². The van der Waals surface area contributed by atoms with Gasteiger partial charge in [0.25, 0.3) is 0 Å². The maximum absolute atomic E-state index is 10.7. The monoisotopic (exact) mass is 338 g/mol. The molecule has 0 spiro atoms. The van der Waals surface area contributed by atoms with E-state index in [4.69, 9.17) is 5.11 Å². The third kappa shape index (κ3) is 3.57. The minimum Gasteiger partial charge on any atom is -0.476 e. The van der Waals surface area contributed by atoms with Crippen LogP contribution in [-0.4, -0.2) is 32.6 Å². The summed E-state index contributed by atoms with van der Waals surface area (Å²) in [6, 6.07) is 6.09. The molecule has 0 aliphatic rings. The van der Waals surface area contributed by atoms with Crippen molar-refractivity contribution in [3.8, 4) is 0 Å². The highest BCUT2D eigenvalue weighted by molar-refractivity contribution is 9.10. The number of nitrogens with zero attached hydrogens (tertiary/aromatic N) is 3. The molecule has 0 aliphatic heterocycles. The number of carbonyl (C=O) groups is 1. The summed E-state index contributed by atoms with van der Waals surface area (Å²) in [7, 11) is 0. The first kappa shape index (κ1) is 14.5. The van der Waals surface area contributed by atoms with Gasteiger partial charge in [0.2, 0.25) is 0 Å². The number of carboxylic acid groups (broad SMARTS) is 1. The lowest BCUT2D eigenvalue weighted by molar-refractivity contribution is 0.0690. The van der Waals surface area contributed by atoms with Gasteiger partial charge >= 0.3 is 5.97 Å². The van der Waals surface area contributed by atoms with Crippen molar-refractivity contribution in [2.75, 3.05) is 11.9 Å². The summed E-state index contributed by atoms with van der Waals surface area (Å²) >= 11 is 3.45. The number of halogens is 1. The SMILES string of the molecule is CCc1cc(Br)ccc1NCCn1cc(C(=O)O)nn1. The Morgan fingerprint density at radius 3 is 2.95 bits per heavy atom. The minimum atomic E-state index is -1.06. The van der Waals surface area contributed by atoms with Crippen molar-refractivity contribution in [1.82, 2.24) is 15.0 Å². The van der Waals surface area contributed by atoms with Crippen LogP contribution in [0.3, 0.4) is 0 Å². The van der Waals surface area contributed by atoms with Gasteiger partial charge in [0.1, 0.15) is 0 Å². The largest absolute Gasteiger partial charge is 0.476 e. The molecule has 1 aromatic heterocycles. The van der Waals surface area contributed by atoms with Crippen LogP contribution in [0.1, 0.15) is 23.0 Å². The van der Waals surface area contributed by atoms with Crippen molar-refractivity contribution in [3.63, 3.8) is 0 Å². The van der Waals surface area contributed by atoms with Crippen LogP contribution in [0.25, 0.3) is 0 Å². The summed E-state index contributed by atoms with van der Waals surface area (Å²) in [5, 5.41) is 19.4. The molecule has 106 valence electrons. The number of benzene rings is 1. The van der Waals surface area contributed by atoms with E-state index in [-0.39, 0.29) is 5.69 Å². The van der Waals surface area contributed by atoms with Crippen LogP contribution >= 0.6 is 15.9 Å². The Kier molecular flexibility index (Phi) is 4.73. The predicted molar refractivity (Wildman–Crippen MR) is 79.0 cm³/mol. The number of hydrogen-bond donors (Lipinski definition) is 2. The molecular weight excluding hydrogens is 324 g/mol. The third-order valence-electron chi connectivity index (χ3n) is 2.86. The van der Waals surface area contributed by atoms with E-state index in [2.05, 4.69) is 44.5 Å². The Labute approximate surface area is 124 Å². The van der Waals surface area contributed by atoms with Crippen molar-refractivity contribution in [2.24, 2.45) is 0 Å². The fourth-order valence-corrected chi connectivity index (χ4v) is 2.25. The van der Waals surface area contributed by atoms with Gasteiger partial charge in [0, 0.05) is 16.7 Å². The molecule has 2 N–H and O–H groups in total. The number of aromatic nitrogens is 3. The van der Waals surface area contributed by atoms with Gasteiger partial charge in [-0.15, -0.1) is 5.10 Å². The smallest absolute Gasteiger partial charge is 0.358 e. The summed E-state index contributed by atoms with van der Waals surface area (Å²) in [6.07, 6.45) is 2.36. The minimum absolute atomic E-state index is 0.0390. The fraction of sp³-hybridized carbons (Fsp3) is 0.308. The lowest BCUT2D eigenvalue weighted by atomic mass is 10.1. The Balaban J connectivity index is 1.93. The number of hydrogen-bond acceptors (Lipinski definition) is 4. The molecule has 2 rings (SSSR count). The second-order valence-corrected chi connectivity index (χ2v) is 5.17. The average molecular weight is 339 g/mol. The zero-order valence-electron chi connectivity index (χ0n) is 11.0. The van der Waals surface area contributed by atoms with Crippen LogP contribution in [0.2, 0.25) is 0 Å². The summed E-state index contributed by atoms with van der Waals surface area (Å²) in [6.45, 7) is 3.31. The van der Waals surface area contributed by atoms with Gasteiger partial charge in [-0.25, -0.2) is 9.48 Å². The van der Waals surface area contributed by atoms with E-state index in [9.17, 15) is 4.79 Å². The van der Waals surface area contributed by atoms with E-state index in [0.29, 0.717) is 13.1 Å². The third-order valence-corrected chi connectivity index (χ3v) is 3.36. The van der Waals surface area contributed by atoms with Crippen molar-refractivity contribution < 1.29 is 9.90 Å². The lowest BCUT2D eigenvalue weighted by Gasteiger charge is -2.11. The van der Waals surface area contributed by atoms with Crippen molar-refractivity contribution in [2.45, 2.75) is 19.9 Å².